The van der Waals surface area contributed by atoms with E-state index in [-0.39, 0.29) is 10.6 Å². The molecule has 3 aromatic carbocycles. The summed E-state index contributed by atoms with van der Waals surface area (Å²) in [6.45, 7) is 0. The lowest BCUT2D eigenvalue weighted by atomic mass is 10.1. The van der Waals surface area contributed by atoms with Gasteiger partial charge in [-0.15, -0.1) is 11.8 Å². The minimum absolute atomic E-state index is 0.109. The zero-order valence-corrected chi connectivity index (χ0v) is 21.4. The maximum Gasteiger partial charge on any atom is 0.334 e. The molecular formula is C29H19N3O4S2. The lowest BCUT2D eigenvalue weighted by Crippen LogP contribution is -2.53. The number of nitrogens with one attached hydrogen (secondary N) is 1. The molecule has 9 heteroatoms. The summed E-state index contributed by atoms with van der Waals surface area (Å²) < 4.78 is 11.0. The van der Waals surface area contributed by atoms with E-state index in [4.69, 9.17) is 26.6 Å². The number of para-hydroxylation sites is 1. The molecule has 1 aliphatic heterocycles. The first-order chi connectivity index (χ1) is 18.5. The number of amides is 3. The van der Waals surface area contributed by atoms with Crippen LogP contribution < -0.4 is 15.0 Å². The quantitative estimate of drug-likeness (QED) is 0.159. The Labute approximate surface area is 228 Å². The van der Waals surface area contributed by atoms with Gasteiger partial charge in [0.05, 0.1) is 17.5 Å². The van der Waals surface area contributed by atoms with Gasteiger partial charge >= 0.3 is 6.03 Å². The monoisotopic (exact) mass is 537 g/mol. The van der Waals surface area contributed by atoms with Crippen molar-refractivity contribution in [3.05, 3.63) is 114 Å². The van der Waals surface area contributed by atoms with Crippen molar-refractivity contribution in [2.75, 3.05) is 4.90 Å². The van der Waals surface area contributed by atoms with Gasteiger partial charge in [-0.25, -0.2) is 4.79 Å². The maximum atomic E-state index is 12.7. The van der Waals surface area contributed by atoms with Crippen LogP contribution in [0.2, 0.25) is 0 Å². The number of thioether (sulfide) groups is 1. The number of thiocarbonyl (C=S) groups is 1. The predicted molar refractivity (Wildman–Crippen MR) is 149 cm³/mol. The Morgan fingerprint density at radius 1 is 0.974 bits per heavy atom. The van der Waals surface area contributed by atoms with Crippen LogP contribution >= 0.6 is 24.0 Å². The number of nitrogens with zero attached hydrogens (tertiary/aromatic N) is 2. The SMILES string of the molecule is N#Cc1occc1CSc1ccc(/C=C2\C(=O)NC(=O)N(c3ccc(Oc4ccccc4)cc3)C2=S)cc1. The van der Waals surface area contributed by atoms with Gasteiger partial charge in [-0.05, 0) is 66.2 Å². The van der Waals surface area contributed by atoms with Crippen LogP contribution in [0.25, 0.3) is 6.08 Å². The van der Waals surface area contributed by atoms with Crippen molar-refractivity contribution in [2.45, 2.75) is 10.6 Å². The molecular weight excluding hydrogens is 518 g/mol. The maximum absolute atomic E-state index is 12.7. The number of hydrogen-bond acceptors (Lipinski definition) is 7. The molecule has 5 rings (SSSR count). The van der Waals surface area contributed by atoms with Crippen molar-refractivity contribution in [1.82, 2.24) is 5.32 Å². The summed E-state index contributed by atoms with van der Waals surface area (Å²) in [5.74, 6) is 1.65. The van der Waals surface area contributed by atoms with E-state index in [1.807, 2.05) is 60.7 Å². The Hall–Kier alpha value is -4.65. The molecule has 0 bridgehead atoms. The Balaban J connectivity index is 1.30. The van der Waals surface area contributed by atoms with Gasteiger partial charge in [0.2, 0.25) is 5.76 Å². The van der Waals surface area contributed by atoms with E-state index in [1.165, 1.54) is 11.2 Å². The second-order valence-corrected chi connectivity index (χ2v) is 9.55. The van der Waals surface area contributed by atoms with E-state index in [0.29, 0.717) is 28.7 Å². The topological polar surface area (TPSA) is 95.6 Å². The molecule has 7 nitrogen and oxygen atoms in total. The van der Waals surface area contributed by atoms with Gasteiger partial charge in [0.25, 0.3) is 5.91 Å². The highest BCUT2D eigenvalue weighted by Gasteiger charge is 2.33. The number of urea groups is 1. The van der Waals surface area contributed by atoms with E-state index in [1.54, 1.807) is 48.2 Å². The molecule has 1 N–H and O–H groups in total. The molecule has 1 saturated heterocycles. The molecule has 0 aliphatic carbocycles. The molecule has 0 spiro atoms. The molecule has 3 amide bonds. The molecule has 38 heavy (non-hydrogen) atoms. The van der Waals surface area contributed by atoms with Gasteiger partial charge in [-0.2, -0.15) is 5.26 Å². The summed E-state index contributed by atoms with van der Waals surface area (Å²) in [5.41, 5.74) is 2.30. The van der Waals surface area contributed by atoms with Crippen LogP contribution in [-0.2, 0) is 10.5 Å². The Bertz CT molecular complexity index is 1570. The fourth-order valence-corrected chi connectivity index (χ4v) is 4.93. The van der Waals surface area contributed by atoms with Crippen molar-refractivity contribution >= 4 is 52.7 Å². The number of carbonyl (C=O) groups is 2. The second kappa shape index (κ2) is 11.2. The average molecular weight is 538 g/mol. The summed E-state index contributed by atoms with van der Waals surface area (Å²) in [6.07, 6.45) is 3.16. The lowest BCUT2D eigenvalue weighted by molar-refractivity contribution is -0.116. The van der Waals surface area contributed by atoms with Crippen LogP contribution in [0.5, 0.6) is 11.5 Å². The molecule has 1 aromatic heterocycles. The fraction of sp³-hybridized carbons (Fsp3) is 0.0345. The largest absolute Gasteiger partial charge is 0.457 e. The van der Waals surface area contributed by atoms with Crippen molar-refractivity contribution in [2.24, 2.45) is 0 Å². The van der Waals surface area contributed by atoms with Crippen molar-refractivity contribution in [3.63, 3.8) is 0 Å². The first-order valence-corrected chi connectivity index (χ1v) is 12.8. The minimum Gasteiger partial charge on any atom is -0.457 e. The summed E-state index contributed by atoms with van der Waals surface area (Å²) in [6, 6.07) is 27.0. The summed E-state index contributed by atoms with van der Waals surface area (Å²) >= 11 is 7.13. The smallest absolute Gasteiger partial charge is 0.334 e. The third-order valence-electron chi connectivity index (χ3n) is 5.61. The van der Waals surface area contributed by atoms with E-state index >= 15 is 0 Å². The van der Waals surface area contributed by atoms with Crippen LogP contribution in [0.1, 0.15) is 16.9 Å². The zero-order valence-electron chi connectivity index (χ0n) is 19.8. The number of benzene rings is 3. The summed E-state index contributed by atoms with van der Waals surface area (Å²) in [4.78, 5) is 27.7. The average Bonchev–Trinajstić information content (AvgIpc) is 3.40. The van der Waals surface area contributed by atoms with Crippen LogP contribution in [0.4, 0.5) is 10.5 Å². The number of imide groups is 1. The van der Waals surface area contributed by atoms with Gasteiger partial charge in [0.15, 0.2) is 0 Å². The molecule has 0 radical (unpaired) electrons. The third-order valence-corrected chi connectivity index (χ3v) is 7.07. The number of furan rings is 1. The standard InChI is InChI=1S/C29H19N3O4S2/c30-17-26-20(14-15-35-26)18-38-24-12-6-19(7-13-24)16-25-27(33)31-29(34)32(28(25)37)21-8-10-23(11-9-21)36-22-4-2-1-3-5-22/h1-16H,18H2,(H,31,33,34)/b25-16+. The molecule has 0 saturated carbocycles. The second-order valence-electron chi connectivity index (χ2n) is 8.11. The van der Waals surface area contributed by atoms with Gasteiger partial charge in [0, 0.05) is 16.2 Å². The highest BCUT2D eigenvalue weighted by atomic mass is 32.2. The third kappa shape index (κ3) is 5.52. The number of anilines is 1. The van der Waals surface area contributed by atoms with Gasteiger partial charge in [0.1, 0.15) is 22.6 Å². The number of nitriles is 1. The highest BCUT2D eigenvalue weighted by Crippen LogP contribution is 2.29. The van der Waals surface area contributed by atoms with Gasteiger partial charge < -0.3 is 9.15 Å². The van der Waals surface area contributed by atoms with Crippen molar-refractivity contribution in [3.8, 4) is 17.6 Å². The van der Waals surface area contributed by atoms with Gasteiger partial charge in [-0.1, -0.05) is 42.5 Å². The number of ether oxygens (including phenoxy) is 1. The zero-order chi connectivity index (χ0) is 26.5. The van der Waals surface area contributed by atoms with E-state index in [2.05, 4.69) is 5.32 Å². The van der Waals surface area contributed by atoms with E-state index < -0.39 is 11.9 Å². The summed E-state index contributed by atoms with van der Waals surface area (Å²) in [5, 5.41) is 11.4. The van der Waals surface area contributed by atoms with E-state index in [0.717, 1.165) is 16.0 Å². The normalized spacial score (nSPS) is 14.3. The highest BCUT2D eigenvalue weighted by molar-refractivity contribution is 7.98. The first-order valence-electron chi connectivity index (χ1n) is 11.5. The Morgan fingerprint density at radius 3 is 2.39 bits per heavy atom. The Morgan fingerprint density at radius 2 is 1.68 bits per heavy atom. The molecule has 0 atom stereocenters. The first kappa shape index (κ1) is 25.0. The fourth-order valence-electron chi connectivity index (χ4n) is 3.72. The number of rotatable bonds is 7. The van der Waals surface area contributed by atoms with Crippen molar-refractivity contribution in [1.29, 1.82) is 5.26 Å². The molecule has 2 heterocycles. The summed E-state index contributed by atoms with van der Waals surface area (Å²) in [7, 11) is 0. The molecule has 4 aromatic rings. The van der Waals surface area contributed by atoms with Crippen LogP contribution in [0.15, 0.2) is 106 Å². The molecule has 1 fully saturated rings. The van der Waals surface area contributed by atoms with Crippen molar-refractivity contribution < 1.29 is 18.7 Å². The number of carbonyl (C=O) groups excluding carboxylic acids is 2. The van der Waals surface area contributed by atoms with Crippen LogP contribution in [0.3, 0.4) is 0 Å². The molecule has 186 valence electrons. The predicted octanol–water partition coefficient (Wildman–Crippen LogP) is 6.70. The molecule has 1 aliphatic rings. The molecule has 0 unspecified atom stereocenters. The number of hydrogen-bond donors (Lipinski definition) is 1. The van der Waals surface area contributed by atoms with E-state index in [9.17, 15) is 9.59 Å². The van der Waals surface area contributed by atoms with Crippen LogP contribution in [0, 0.1) is 11.3 Å². The Kier molecular flexibility index (Phi) is 7.35. The lowest BCUT2D eigenvalue weighted by Gasteiger charge is -2.29. The van der Waals surface area contributed by atoms with Gasteiger partial charge in [-0.3, -0.25) is 15.0 Å². The van der Waals surface area contributed by atoms with Crippen LogP contribution in [-0.4, -0.2) is 16.9 Å². The minimum atomic E-state index is -0.614.